The molecule has 0 aromatic carbocycles. The fourth-order valence-corrected chi connectivity index (χ4v) is 8.61. The van der Waals surface area contributed by atoms with Gasteiger partial charge in [0.25, 0.3) is 0 Å². The molecule has 6 rings (SSSR count). The van der Waals surface area contributed by atoms with Crippen molar-refractivity contribution in [3.05, 3.63) is 11.6 Å². The van der Waals surface area contributed by atoms with E-state index in [1.807, 2.05) is 0 Å². The second kappa shape index (κ2) is 5.56. The number of ether oxygens (including phenoxy) is 3. The summed E-state index contributed by atoms with van der Waals surface area (Å²) in [4.78, 5) is 37.8. The standard InChI is InChI=1S/C24H30O6/c1-21-7-4-14(25)10-13(21)11-15(20(27)28-3)19-16-5-8-23(9-6-18(26)30-23)22(16,2)12-17-24(19,21)29-17/h10,15-17,19H,4-9,11-12H2,1-3H3/t15-,16+,17-,19+,21+,22+,23-,24-/m1/s1/i3D3. The van der Waals surface area contributed by atoms with Crippen molar-refractivity contribution in [3.8, 4) is 0 Å². The zero-order valence-electron chi connectivity index (χ0n) is 20.5. The van der Waals surface area contributed by atoms with Gasteiger partial charge in [-0.3, -0.25) is 14.4 Å². The molecule has 162 valence electrons. The lowest BCUT2D eigenvalue weighted by atomic mass is 9.43. The Bertz CT molecular complexity index is 1000. The third-order valence-corrected chi connectivity index (χ3v) is 10.1. The van der Waals surface area contributed by atoms with Crippen LogP contribution in [0.15, 0.2) is 11.6 Å². The van der Waals surface area contributed by atoms with Crippen molar-refractivity contribution in [1.82, 2.24) is 0 Å². The molecule has 4 aliphatic carbocycles. The molecule has 0 bridgehead atoms. The molecule has 2 heterocycles. The zero-order chi connectivity index (χ0) is 23.6. The van der Waals surface area contributed by atoms with Crippen molar-refractivity contribution in [2.45, 2.75) is 82.5 Å². The summed E-state index contributed by atoms with van der Waals surface area (Å²) in [6.45, 7) is 4.31. The van der Waals surface area contributed by atoms with E-state index in [0.717, 1.165) is 24.8 Å². The number of fused-ring (bicyclic) bond motifs is 4. The lowest BCUT2D eigenvalue weighted by molar-refractivity contribution is -0.172. The highest BCUT2D eigenvalue weighted by Crippen LogP contribution is 2.78. The largest absolute Gasteiger partial charge is 0.469 e. The van der Waals surface area contributed by atoms with Gasteiger partial charge in [-0.25, -0.2) is 0 Å². The van der Waals surface area contributed by atoms with Crippen LogP contribution in [0.4, 0.5) is 0 Å². The van der Waals surface area contributed by atoms with E-state index in [1.54, 1.807) is 6.08 Å². The molecule has 2 saturated heterocycles. The molecule has 0 N–H and O–H groups in total. The van der Waals surface area contributed by atoms with Crippen LogP contribution in [0, 0.1) is 28.6 Å². The molecule has 0 aromatic heterocycles. The second-order valence-electron chi connectivity index (χ2n) is 10.9. The average molecular weight is 418 g/mol. The first-order valence-electron chi connectivity index (χ1n) is 12.7. The highest BCUT2D eigenvalue weighted by atomic mass is 16.6. The molecule has 2 spiro atoms. The van der Waals surface area contributed by atoms with Crippen molar-refractivity contribution in [1.29, 1.82) is 0 Å². The number of esters is 2. The Morgan fingerprint density at radius 1 is 1.23 bits per heavy atom. The van der Waals surface area contributed by atoms with Crippen LogP contribution in [0.1, 0.15) is 69.3 Å². The Hall–Kier alpha value is -1.69. The number of methoxy groups -OCH3 is 1. The van der Waals surface area contributed by atoms with E-state index in [4.69, 9.17) is 18.3 Å². The third kappa shape index (κ3) is 1.94. The lowest BCUT2D eigenvalue weighted by Crippen LogP contribution is -2.63. The summed E-state index contributed by atoms with van der Waals surface area (Å²) in [5.41, 5.74) is -1.01. The van der Waals surface area contributed by atoms with Crippen LogP contribution >= 0.6 is 0 Å². The average Bonchev–Trinajstić information content (AvgIpc) is 3.19. The van der Waals surface area contributed by atoms with E-state index in [-0.39, 0.29) is 40.5 Å². The predicted octanol–water partition coefficient (Wildman–Crippen LogP) is 3.12. The van der Waals surface area contributed by atoms with Gasteiger partial charge in [-0.2, -0.15) is 0 Å². The van der Waals surface area contributed by atoms with Gasteiger partial charge in [-0.15, -0.1) is 0 Å². The van der Waals surface area contributed by atoms with Crippen LogP contribution in [0.3, 0.4) is 0 Å². The fraction of sp³-hybridized carbons (Fsp3) is 0.792. The van der Waals surface area contributed by atoms with Gasteiger partial charge in [-0.05, 0) is 50.5 Å². The minimum atomic E-state index is -2.83. The summed E-state index contributed by atoms with van der Waals surface area (Å²) < 4.78 is 40.0. The molecule has 0 aromatic rings. The summed E-state index contributed by atoms with van der Waals surface area (Å²) in [7, 11) is -2.83. The van der Waals surface area contributed by atoms with E-state index in [0.29, 0.717) is 32.1 Å². The fourth-order valence-electron chi connectivity index (χ4n) is 8.61. The minimum Gasteiger partial charge on any atom is -0.469 e. The monoisotopic (exact) mass is 417 g/mol. The van der Waals surface area contributed by atoms with Gasteiger partial charge in [0.2, 0.25) is 0 Å². The number of epoxide rings is 1. The second-order valence-corrected chi connectivity index (χ2v) is 10.9. The van der Waals surface area contributed by atoms with Gasteiger partial charge in [0.05, 0.1) is 23.2 Å². The first-order chi connectivity index (χ1) is 15.4. The zero-order valence-corrected chi connectivity index (χ0v) is 17.5. The Labute approximate surface area is 180 Å². The molecule has 0 radical (unpaired) electrons. The van der Waals surface area contributed by atoms with Crippen LogP contribution in [0.2, 0.25) is 0 Å². The van der Waals surface area contributed by atoms with E-state index in [1.165, 1.54) is 0 Å². The van der Waals surface area contributed by atoms with Crippen molar-refractivity contribution in [2.75, 3.05) is 7.04 Å². The Kier molecular flexibility index (Phi) is 2.97. The molecule has 6 nitrogen and oxygen atoms in total. The highest BCUT2D eigenvalue weighted by Gasteiger charge is 2.83. The summed E-state index contributed by atoms with van der Waals surface area (Å²) in [6, 6.07) is 0. The molecule has 30 heavy (non-hydrogen) atoms. The smallest absolute Gasteiger partial charge is 0.309 e. The number of carbonyl (C=O) groups excluding carboxylic acids is 3. The lowest BCUT2D eigenvalue weighted by Gasteiger charge is -2.58. The molecule has 6 heteroatoms. The molecular formula is C24H30O6. The maximum atomic E-state index is 13.3. The van der Waals surface area contributed by atoms with E-state index in [2.05, 4.69) is 13.8 Å². The predicted molar refractivity (Wildman–Crippen MR) is 105 cm³/mol. The van der Waals surface area contributed by atoms with Gasteiger partial charge < -0.3 is 14.2 Å². The van der Waals surface area contributed by atoms with Gasteiger partial charge in [0.1, 0.15) is 11.2 Å². The van der Waals surface area contributed by atoms with Crippen LogP contribution in [-0.4, -0.2) is 42.1 Å². The van der Waals surface area contributed by atoms with Crippen molar-refractivity contribution < 1.29 is 32.7 Å². The maximum Gasteiger partial charge on any atom is 0.309 e. The highest BCUT2D eigenvalue weighted by molar-refractivity contribution is 5.92. The Balaban J connectivity index is 1.47. The van der Waals surface area contributed by atoms with Crippen molar-refractivity contribution in [3.63, 3.8) is 0 Å². The first-order valence-corrected chi connectivity index (χ1v) is 11.2. The van der Waals surface area contributed by atoms with Gasteiger partial charge in [0, 0.05) is 29.6 Å². The molecule has 5 fully saturated rings. The van der Waals surface area contributed by atoms with Gasteiger partial charge >= 0.3 is 11.9 Å². The molecule has 8 atom stereocenters. The number of hydrogen-bond donors (Lipinski definition) is 0. The number of carbonyl (C=O) groups is 3. The molecule has 6 aliphatic rings. The Morgan fingerprint density at radius 3 is 2.80 bits per heavy atom. The summed E-state index contributed by atoms with van der Waals surface area (Å²) in [5.74, 6) is -1.80. The molecule has 2 aliphatic heterocycles. The Morgan fingerprint density at radius 2 is 2.07 bits per heavy atom. The van der Waals surface area contributed by atoms with E-state index in [9.17, 15) is 14.4 Å². The summed E-state index contributed by atoms with van der Waals surface area (Å²) in [5, 5.41) is 0. The normalized spacial score (nSPS) is 55.1. The minimum absolute atomic E-state index is 0.0345. The quantitative estimate of drug-likeness (QED) is 0.482. The van der Waals surface area contributed by atoms with Crippen LogP contribution in [0.5, 0.6) is 0 Å². The summed E-state index contributed by atoms with van der Waals surface area (Å²) >= 11 is 0. The SMILES string of the molecule is [2H]C([2H])([2H])OC(=O)[C@@H]1CC2=CC(=O)CC[C@]2(C)[C@@]23O[C@@H]2C[C@@]2(C)[C@@H](CC[C@@]24CCC(=O)O4)[C@H]13. The molecular weight excluding hydrogens is 384 g/mol. The van der Waals surface area contributed by atoms with Gasteiger partial charge in [-0.1, -0.05) is 19.4 Å². The summed E-state index contributed by atoms with van der Waals surface area (Å²) in [6.07, 6.45) is 6.30. The number of ketones is 1. The van der Waals surface area contributed by atoms with E-state index >= 15 is 0 Å². The third-order valence-electron chi connectivity index (χ3n) is 10.1. The topological polar surface area (TPSA) is 82.2 Å². The van der Waals surface area contributed by atoms with Gasteiger partial charge in [0.15, 0.2) is 5.78 Å². The van der Waals surface area contributed by atoms with Crippen molar-refractivity contribution in [2.24, 2.45) is 28.6 Å². The van der Waals surface area contributed by atoms with Crippen LogP contribution in [-0.2, 0) is 28.6 Å². The van der Waals surface area contributed by atoms with E-state index < -0.39 is 30.1 Å². The van der Waals surface area contributed by atoms with Crippen LogP contribution in [0.25, 0.3) is 0 Å². The molecule has 0 unspecified atom stereocenters. The molecule has 3 saturated carbocycles. The maximum absolute atomic E-state index is 13.3. The molecule has 0 amide bonds. The number of rotatable bonds is 1. The number of hydrogen-bond acceptors (Lipinski definition) is 6. The van der Waals surface area contributed by atoms with Crippen LogP contribution < -0.4 is 0 Å². The first kappa shape index (κ1) is 16.0. The van der Waals surface area contributed by atoms with Crippen molar-refractivity contribution >= 4 is 17.7 Å².